The predicted octanol–water partition coefficient (Wildman–Crippen LogP) is 5.95. The van der Waals surface area contributed by atoms with Gasteiger partial charge in [-0.2, -0.15) is 0 Å². The van der Waals surface area contributed by atoms with Crippen molar-refractivity contribution in [3.63, 3.8) is 0 Å². The first-order chi connectivity index (χ1) is 14.8. The minimum atomic E-state index is -0.520. The molecule has 2 atom stereocenters. The maximum absolute atomic E-state index is 13.2. The van der Waals surface area contributed by atoms with Crippen LogP contribution in [0.5, 0.6) is 0 Å². The molecule has 0 saturated carbocycles. The highest BCUT2D eigenvalue weighted by molar-refractivity contribution is 7.99. The fourth-order valence-corrected chi connectivity index (χ4v) is 4.19. The Balaban J connectivity index is 2.12. The monoisotopic (exact) mass is 480 g/mol. The number of hydrogen-bond donors (Lipinski definition) is 1. The summed E-state index contributed by atoms with van der Waals surface area (Å²) in [5.74, 6) is 0.832. The highest BCUT2D eigenvalue weighted by atomic mass is 35.5. The molecule has 2 amide bonds. The number of halogens is 2. The molecular formula is C24H30Cl2N2O2S. The molecule has 0 aliphatic heterocycles. The van der Waals surface area contributed by atoms with Gasteiger partial charge in [0.05, 0.1) is 5.75 Å². The zero-order valence-corrected chi connectivity index (χ0v) is 20.6. The number of hydrogen-bond acceptors (Lipinski definition) is 3. The Morgan fingerprint density at radius 2 is 1.48 bits per heavy atom. The van der Waals surface area contributed by atoms with Gasteiger partial charge in [0.15, 0.2) is 0 Å². The summed E-state index contributed by atoms with van der Waals surface area (Å²) in [5, 5.41) is 4.36. The van der Waals surface area contributed by atoms with Crippen LogP contribution in [-0.4, -0.2) is 34.6 Å². The zero-order chi connectivity index (χ0) is 22.8. The largest absolute Gasteiger partial charge is 0.352 e. The lowest BCUT2D eigenvalue weighted by Crippen LogP contribution is -2.51. The van der Waals surface area contributed by atoms with Crippen molar-refractivity contribution in [1.82, 2.24) is 10.2 Å². The smallest absolute Gasteiger partial charge is 0.243 e. The van der Waals surface area contributed by atoms with Crippen LogP contribution in [-0.2, 0) is 21.9 Å². The van der Waals surface area contributed by atoms with Crippen LogP contribution in [0.1, 0.15) is 44.7 Å². The maximum Gasteiger partial charge on any atom is 0.243 e. The lowest BCUT2D eigenvalue weighted by molar-refractivity contribution is -0.139. The molecule has 0 bridgehead atoms. The molecule has 0 heterocycles. The zero-order valence-electron chi connectivity index (χ0n) is 18.2. The number of nitrogens with one attached hydrogen (secondary N) is 1. The van der Waals surface area contributed by atoms with E-state index in [0.717, 1.165) is 17.5 Å². The van der Waals surface area contributed by atoms with E-state index in [1.165, 1.54) is 11.8 Å². The first-order valence-corrected chi connectivity index (χ1v) is 12.4. The molecule has 0 unspecified atom stereocenters. The van der Waals surface area contributed by atoms with Gasteiger partial charge in [-0.25, -0.2) is 0 Å². The second-order valence-corrected chi connectivity index (χ2v) is 9.37. The molecule has 31 heavy (non-hydrogen) atoms. The first-order valence-electron chi connectivity index (χ1n) is 10.5. The van der Waals surface area contributed by atoms with E-state index in [1.54, 1.807) is 17.0 Å². The molecule has 1 N–H and O–H groups in total. The van der Waals surface area contributed by atoms with Crippen molar-refractivity contribution >= 4 is 46.8 Å². The topological polar surface area (TPSA) is 49.4 Å². The van der Waals surface area contributed by atoms with E-state index in [-0.39, 0.29) is 17.9 Å². The van der Waals surface area contributed by atoms with Gasteiger partial charge >= 0.3 is 0 Å². The van der Waals surface area contributed by atoms with Crippen LogP contribution in [0.4, 0.5) is 0 Å². The molecule has 2 aromatic rings. The van der Waals surface area contributed by atoms with E-state index >= 15 is 0 Å². The Morgan fingerprint density at radius 3 is 2.00 bits per heavy atom. The van der Waals surface area contributed by atoms with Gasteiger partial charge in [-0.15, -0.1) is 11.8 Å². The van der Waals surface area contributed by atoms with E-state index in [4.69, 9.17) is 23.2 Å². The summed E-state index contributed by atoms with van der Waals surface area (Å²) in [7, 11) is 0. The van der Waals surface area contributed by atoms with Crippen LogP contribution < -0.4 is 5.32 Å². The first kappa shape index (κ1) is 25.6. The van der Waals surface area contributed by atoms with Gasteiger partial charge in [0.25, 0.3) is 0 Å². The van der Waals surface area contributed by atoms with Crippen LogP contribution >= 0.6 is 35.0 Å². The van der Waals surface area contributed by atoms with Crippen LogP contribution in [0, 0.1) is 0 Å². The van der Waals surface area contributed by atoms with Gasteiger partial charge in [-0.05, 0) is 55.2 Å². The number of carbonyl (C=O) groups excluding carboxylic acids is 2. The third kappa shape index (κ3) is 8.40. The summed E-state index contributed by atoms with van der Waals surface area (Å²) < 4.78 is 0. The molecular weight excluding hydrogens is 451 g/mol. The van der Waals surface area contributed by atoms with Gasteiger partial charge in [0, 0.05) is 28.4 Å². The molecule has 4 nitrogen and oxygen atoms in total. The lowest BCUT2D eigenvalue weighted by atomic mass is 10.1. The summed E-state index contributed by atoms with van der Waals surface area (Å²) >= 11 is 13.5. The molecule has 0 fully saturated rings. The van der Waals surface area contributed by atoms with E-state index < -0.39 is 6.04 Å². The second-order valence-electron chi connectivity index (χ2n) is 7.51. The van der Waals surface area contributed by atoms with E-state index in [2.05, 4.69) is 5.32 Å². The Kier molecular flexibility index (Phi) is 10.7. The number of amides is 2. The molecule has 0 aliphatic carbocycles. The third-order valence-electron chi connectivity index (χ3n) is 5.06. The van der Waals surface area contributed by atoms with Gasteiger partial charge < -0.3 is 10.2 Å². The average Bonchev–Trinajstić information content (AvgIpc) is 2.76. The molecule has 2 aromatic carbocycles. The van der Waals surface area contributed by atoms with Crippen molar-refractivity contribution in [2.75, 3.05) is 5.75 Å². The molecule has 7 heteroatoms. The highest BCUT2D eigenvalue weighted by Crippen LogP contribution is 2.19. The number of thioether (sulfide) groups is 1. The molecule has 0 saturated heterocycles. The quantitative estimate of drug-likeness (QED) is 0.432. The maximum atomic E-state index is 13.2. The van der Waals surface area contributed by atoms with Crippen LogP contribution in [0.2, 0.25) is 10.0 Å². The molecule has 0 spiro atoms. The van der Waals surface area contributed by atoms with Crippen LogP contribution in [0.3, 0.4) is 0 Å². The van der Waals surface area contributed by atoms with E-state index in [9.17, 15) is 9.59 Å². The van der Waals surface area contributed by atoms with Crippen molar-refractivity contribution in [2.24, 2.45) is 0 Å². The fourth-order valence-electron chi connectivity index (χ4n) is 3.07. The van der Waals surface area contributed by atoms with Crippen molar-refractivity contribution in [2.45, 2.75) is 58.0 Å². The summed E-state index contributed by atoms with van der Waals surface area (Å²) in [4.78, 5) is 27.8. The second kappa shape index (κ2) is 13.0. The average molecular weight is 481 g/mol. The summed E-state index contributed by atoms with van der Waals surface area (Å²) in [6.07, 6.45) is 1.38. The minimum absolute atomic E-state index is 0.0555. The molecule has 2 rings (SSSR count). The lowest BCUT2D eigenvalue weighted by Gasteiger charge is -2.31. The Bertz CT molecular complexity index is 844. The summed E-state index contributed by atoms with van der Waals surface area (Å²) in [6.45, 7) is 6.29. The van der Waals surface area contributed by atoms with Crippen LogP contribution in [0.15, 0.2) is 48.5 Å². The predicted molar refractivity (Wildman–Crippen MR) is 132 cm³/mol. The van der Waals surface area contributed by atoms with Crippen molar-refractivity contribution in [3.05, 3.63) is 69.7 Å². The van der Waals surface area contributed by atoms with Crippen molar-refractivity contribution in [1.29, 1.82) is 0 Å². The Labute approximate surface area is 199 Å². The molecule has 0 aliphatic rings. The van der Waals surface area contributed by atoms with E-state index in [1.807, 2.05) is 57.2 Å². The fraction of sp³-hybridized carbons (Fsp3) is 0.417. The Hall–Kier alpha value is -1.69. The number of benzene rings is 2. The number of nitrogens with zero attached hydrogens (tertiary/aromatic N) is 1. The molecule has 0 radical (unpaired) electrons. The SMILES string of the molecule is CC[C@H](C(=O)N[C@@H](C)CC)N(Cc1ccc(Cl)cc1)C(=O)CSCc1ccc(Cl)cc1. The van der Waals surface area contributed by atoms with Crippen molar-refractivity contribution in [3.8, 4) is 0 Å². The van der Waals surface area contributed by atoms with E-state index in [0.29, 0.717) is 34.5 Å². The molecule has 168 valence electrons. The van der Waals surface area contributed by atoms with Gasteiger partial charge in [-0.1, -0.05) is 61.3 Å². The van der Waals surface area contributed by atoms with Gasteiger partial charge in [-0.3, -0.25) is 9.59 Å². The number of rotatable bonds is 11. The van der Waals surface area contributed by atoms with Gasteiger partial charge in [0.1, 0.15) is 6.04 Å². The van der Waals surface area contributed by atoms with Gasteiger partial charge in [0.2, 0.25) is 11.8 Å². The minimum Gasteiger partial charge on any atom is -0.352 e. The normalized spacial score (nSPS) is 12.8. The number of carbonyl (C=O) groups is 2. The standard InChI is InChI=1S/C24H30Cl2N2O2S/c1-4-17(3)27-24(30)22(5-2)28(14-18-6-10-20(25)11-7-18)23(29)16-31-15-19-8-12-21(26)13-9-19/h6-13,17,22H,4-5,14-16H2,1-3H3,(H,27,30)/t17-,22+/m0/s1. The highest BCUT2D eigenvalue weighted by Gasteiger charge is 2.29. The Morgan fingerprint density at radius 1 is 0.935 bits per heavy atom. The summed E-state index contributed by atoms with van der Waals surface area (Å²) in [6, 6.07) is 14.5. The third-order valence-corrected chi connectivity index (χ3v) is 6.55. The van der Waals surface area contributed by atoms with Crippen LogP contribution in [0.25, 0.3) is 0 Å². The summed E-state index contributed by atoms with van der Waals surface area (Å²) in [5.41, 5.74) is 2.04. The van der Waals surface area contributed by atoms with Crippen molar-refractivity contribution < 1.29 is 9.59 Å². The molecule has 0 aromatic heterocycles.